The topological polar surface area (TPSA) is 125 Å². The van der Waals surface area contributed by atoms with Gasteiger partial charge in [-0.25, -0.2) is 13.1 Å². The van der Waals surface area contributed by atoms with E-state index in [4.69, 9.17) is 16.3 Å². The summed E-state index contributed by atoms with van der Waals surface area (Å²) in [7, 11) is -3.19. The van der Waals surface area contributed by atoms with E-state index in [1.54, 1.807) is 59.5 Å². The number of nitrogens with one attached hydrogen (secondary N) is 1. The van der Waals surface area contributed by atoms with Gasteiger partial charge in [-0.15, -0.1) is 16.4 Å². The predicted octanol–water partition coefficient (Wildman–Crippen LogP) is 2.49. The fourth-order valence-electron chi connectivity index (χ4n) is 3.06. The van der Waals surface area contributed by atoms with Crippen LogP contribution < -0.4 is 15.6 Å². The van der Waals surface area contributed by atoms with Crippen LogP contribution in [0.3, 0.4) is 0 Å². The highest BCUT2D eigenvalue weighted by Crippen LogP contribution is 2.21. The third kappa shape index (κ3) is 6.35. The number of nitrogens with zero attached hydrogens (tertiary/aromatic N) is 4. The average Bonchev–Trinajstić information content (AvgIpc) is 3.47. The summed E-state index contributed by atoms with van der Waals surface area (Å²) in [5, 5.41) is 10.9. The molecule has 4 rings (SSSR count). The number of carbonyl (C=O) groups is 1. The molecule has 1 aromatic carbocycles. The lowest BCUT2D eigenvalue weighted by Crippen LogP contribution is -2.22. The van der Waals surface area contributed by atoms with Crippen LogP contribution in [0, 0.1) is 0 Å². The van der Waals surface area contributed by atoms with Crippen LogP contribution in [-0.2, 0) is 16.4 Å². The molecule has 0 fully saturated rings. The normalized spacial score (nSPS) is 11.4. The van der Waals surface area contributed by atoms with Crippen molar-refractivity contribution < 1.29 is 17.9 Å². The van der Waals surface area contributed by atoms with Gasteiger partial charge < -0.3 is 10.1 Å². The van der Waals surface area contributed by atoms with Crippen LogP contribution in [0.15, 0.2) is 65.7 Å². The summed E-state index contributed by atoms with van der Waals surface area (Å²) < 4.78 is 31.4. The number of hydrogen-bond donors (Lipinski definition) is 1. The molecule has 0 bridgehead atoms. The molecule has 1 N–H and O–H groups in total. The Morgan fingerprint density at radius 2 is 1.89 bits per heavy atom. The first-order valence-electron chi connectivity index (χ1n) is 10.3. The maximum Gasteiger partial charge on any atom is 0.297 e. The fraction of sp³-hybridized carbons (Fsp3) is 0.182. The van der Waals surface area contributed by atoms with Crippen molar-refractivity contribution in [3.8, 4) is 17.1 Å². The molecule has 0 aliphatic rings. The third-order valence-electron chi connectivity index (χ3n) is 4.78. The Hall–Kier alpha value is -3.48. The molecule has 3 aromatic heterocycles. The van der Waals surface area contributed by atoms with Gasteiger partial charge in [0.2, 0.25) is 0 Å². The van der Waals surface area contributed by atoms with Gasteiger partial charge in [-0.3, -0.25) is 14.2 Å². The van der Waals surface area contributed by atoms with Crippen LogP contribution in [0.5, 0.6) is 5.75 Å². The molecular formula is C22H20ClN5O5S2. The molecule has 0 unspecified atom stereocenters. The standard InChI is InChI=1S/C22H20ClN5O5S2/c1-35(31,32)12-11-33-18-3-2-10-27(22(18)30)16-4-6-17(7-5-16)28-14-15(25-26-28)13-24-21(29)19-8-9-20(23)34-19/h2-10,14H,11-13H2,1H3,(H,24,29). The summed E-state index contributed by atoms with van der Waals surface area (Å²) >= 11 is 7.06. The molecule has 0 radical (unpaired) electrons. The Balaban J connectivity index is 1.42. The van der Waals surface area contributed by atoms with E-state index in [-0.39, 0.29) is 30.6 Å². The van der Waals surface area contributed by atoms with Gasteiger partial charge in [0.1, 0.15) is 12.3 Å². The molecule has 10 nitrogen and oxygen atoms in total. The Labute approximate surface area is 209 Å². The number of aromatic nitrogens is 4. The smallest absolute Gasteiger partial charge is 0.297 e. The number of ether oxygens (including phenoxy) is 1. The zero-order chi connectivity index (χ0) is 25.0. The van der Waals surface area contributed by atoms with Crippen molar-refractivity contribution in [2.24, 2.45) is 0 Å². The number of rotatable bonds is 9. The zero-order valence-corrected chi connectivity index (χ0v) is 20.8. The van der Waals surface area contributed by atoms with Crippen LogP contribution >= 0.6 is 22.9 Å². The molecule has 4 aromatic rings. The Morgan fingerprint density at radius 1 is 1.14 bits per heavy atom. The Bertz CT molecular complexity index is 1510. The molecule has 182 valence electrons. The zero-order valence-electron chi connectivity index (χ0n) is 18.4. The quantitative estimate of drug-likeness (QED) is 0.350. The van der Waals surface area contributed by atoms with Crippen molar-refractivity contribution in [1.82, 2.24) is 24.9 Å². The van der Waals surface area contributed by atoms with Gasteiger partial charge in [0.15, 0.2) is 15.6 Å². The molecule has 0 saturated heterocycles. The fourth-order valence-corrected chi connectivity index (χ4v) is 4.40. The first-order chi connectivity index (χ1) is 16.7. The summed E-state index contributed by atoms with van der Waals surface area (Å²) in [6, 6.07) is 13.5. The van der Waals surface area contributed by atoms with Gasteiger partial charge in [-0.2, -0.15) is 0 Å². The minimum atomic E-state index is -3.19. The van der Waals surface area contributed by atoms with Gasteiger partial charge in [0, 0.05) is 18.1 Å². The van der Waals surface area contributed by atoms with E-state index < -0.39 is 15.4 Å². The molecule has 3 heterocycles. The third-order valence-corrected chi connectivity index (χ3v) is 6.92. The second-order valence-electron chi connectivity index (χ2n) is 7.48. The lowest BCUT2D eigenvalue weighted by Gasteiger charge is -2.10. The van der Waals surface area contributed by atoms with Crippen molar-refractivity contribution in [3.05, 3.63) is 86.2 Å². The van der Waals surface area contributed by atoms with Crippen LogP contribution in [0.2, 0.25) is 4.34 Å². The summed E-state index contributed by atoms with van der Waals surface area (Å²) in [4.78, 5) is 25.4. The van der Waals surface area contributed by atoms with Crippen LogP contribution in [0.25, 0.3) is 11.4 Å². The minimum absolute atomic E-state index is 0.0630. The highest BCUT2D eigenvalue weighted by Gasteiger charge is 2.11. The number of pyridine rings is 1. The van der Waals surface area contributed by atoms with Crippen molar-refractivity contribution in [1.29, 1.82) is 0 Å². The number of sulfone groups is 1. The summed E-state index contributed by atoms with van der Waals surface area (Å²) in [5.41, 5.74) is 1.46. The lowest BCUT2D eigenvalue weighted by molar-refractivity contribution is 0.0954. The molecule has 0 aliphatic carbocycles. The van der Waals surface area contributed by atoms with Crippen molar-refractivity contribution in [2.75, 3.05) is 18.6 Å². The number of hydrogen-bond acceptors (Lipinski definition) is 8. The average molecular weight is 534 g/mol. The molecule has 1 amide bonds. The number of amides is 1. The van der Waals surface area contributed by atoms with E-state index in [1.807, 2.05) is 0 Å². The summed E-state index contributed by atoms with van der Waals surface area (Å²) in [6.07, 6.45) is 4.40. The van der Waals surface area contributed by atoms with Gasteiger partial charge in [0.25, 0.3) is 11.5 Å². The van der Waals surface area contributed by atoms with Crippen LogP contribution in [-0.4, -0.2) is 52.5 Å². The summed E-state index contributed by atoms with van der Waals surface area (Å²) in [5.74, 6) is -0.357. The van der Waals surface area contributed by atoms with Gasteiger partial charge in [0.05, 0.1) is 33.4 Å². The maximum absolute atomic E-state index is 12.7. The van der Waals surface area contributed by atoms with Gasteiger partial charge in [-0.1, -0.05) is 16.8 Å². The van der Waals surface area contributed by atoms with Gasteiger partial charge >= 0.3 is 0 Å². The van der Waals surface area contributed by atoms with Crippen molar-refractivity contribution in [3.63, 3.8) is 0 Å². The first-order valence-corrected chi connectivity index (χ1v) is 13.5. The molecule has 0 aliphatic heterocycles. The van der Waals surface area contributed by atoms with Crippen molar-refractivity contribution in [2.45, 2.75) is 6.54 Å². The minimum Gasteiger partial charge on any atom is -0.487 e. The Morgan fingerprint density at radius 3 is 2.57 bits per heavy atom. The number of carbonyl (C=O) groups excluding carboxylic acids is 1. The maximum atomic E-state index is 12.7. The molecule has 13 heteroatoms. The second-order valence-corrected chi connectivity index (χ2v) is 11.5. The van der Waals surface area contributed by atoms with E-state index in [0.29, 0.717) is 26.3 Å². The number of halogens is 1. The van der Waals surface area contributed by atoms with Gasteiger partial charge in [-0.05, 0) is 48.5 Å². The monoisotopic (exact) mass is 533 g/mol. The molecule has 0 saturated carbocycles. The van der Waals surface area contributed by atoms with E-state index in [0.717, 1.165) is 6.26 Å². The lowest BCUT2D eigenvalue weighted by atomic mass is 10.2. The molecule has 35 heavy (non-hydrogen) atoms. The molecule has 0 atom stereocenters. The first kappa shape index (κ1) is 24.6. The second kappa shape index (κ2) is 10.4. The summed E-state index contributed by atoms with van der Waals surface area (Å²) in [6.45, 7) is 0.0984. The largest absolute Gasteiger partial charge is 0.487 e. The Kier molecular flexibility index (Phi) is 7.34. The highest BCUT2D eigenvalue weighted by molar-refractivity contribution is 7.90. The van der Waals surface area contributed by atoms with Crippen LogP contribution in [0.4, 0.5) is 0 Å². The van der Waals surface area contributed by atoms with Crippen LogP contribution in [0.1, 0.15) is 15.4 Å². The van der Waals surface area contributed by atoms with E-state index in [2.05, 4.69) is 15.6 Å². The molecular weight excluding hydrogens is 514 g/mol. The SMILES string of the molecule is CS(=O)(=O)CCOc1cccn(-c2ccc(-n3cc(CNC(=O)c4ccc(Cl)s4)nn3)cc2)c1=O. The molecule has 0 spiro atoms. The van der Waals surface area contributed by atoms with E-state index >= 15 is 0 Å². The number of benzene rings is 1. The predicted molar refractivity (Wildman–Crippen MR) is 133 cm³/mol. The highest BCUT2D eigenvalue weighted by atomic mass is 35.5. The van der Waals surface area contributed by atoms with Crippen molar-refractivity contribution >= 4 is 38.7 Å². The number of thiophene rings is 1. The van der Waals surface area contributed by atoms with E-state index in [9.17, 15) is 18.0 Å². The van der Waals surface area contributed by atoms with E-state index in [1.165, 1.54) is 22.0 Å².